The summed E-state index contributed by atoms with van der Waals surface area (Å²) in [7, 11) is 0. The standard InChI is InChI=1S/C90H105F4N7O2S5/c1-10-16-22-26-28-30-32-34-38-44-58-70(50-64-72(55(7)52-95)60-46-66(91)68(93)48-62(60)82(64)102)104-88-80-86(106-84(58)88)74-76-77(99-108-98-76)75-79(78(74)100(80)53-56(40-20-14-5)42-36-24-18-12-3)101(54-57(41-21-15-6)43-37-25-19-13-4)81-87(75)107-85-59(45-39-35-33-31-29-27-23-17-11-2)71(105-89(81)85)51-65-73(90(96-8)97-9)61-47-67(92)69(94)49-63(61)83(65)103/h46-51,56-57H,10-45,53-54H2,1-7H3/b64-50-,65-51-,72-55-. The van der Waals surface area contributed by atoms with Crippen molar-refractivity contribution in [3.63, 3.8) is 0 Å². The van der Waals surface area contributed by atoms with Crippen LogP contribution in [0, 0.1) is 59.6 Å². The molecule has 0 aliphatic heterocycles. The molecule has 9 nitrogen and oxygen atoms in total. The molecule has 18 heteroatoms. The zero-order valence-electron chi connectivity index (χ0n) is 64.5. The highest BCUT2D eigenvalue weighted by Gasteiger charge is 2.40. The minimum Gasteiger partial charge on any atom is -0.337 e. The normalized spacial score (nSPS) is 15.0. The highest BCUT2D eigenvalue weighted by Crippen LogP contribution is 2.57. The Balaban J connectivity index is 1.16. The summed E-state index contributed by atoms with van der Waals surface area (Å²) in [5, 5.41) is 12.8. The van der Waals surface area contributed by atoms with Crippen LogP contribution in [-0.2, 0) is 25.9 Å². The van der Waals surface area contributed by atoms with Gasteiger partial charge >= 0.3 is 5.82 Å². The smallest absolute Gasteiger partial charge is 0.337 e. The number of nitriles is 1. The summed E-state index contributed by atoms with van der Waals surface area (Å²) in [6.07, 6.45) is 43.8. The average Bonchev–Trinajstić information content (AvgIpc) is 1.50. The fraction of sp³-hybridized carbons (Fsp3) is 0.522. The van der Waals surface area contributed by atoms with E-state index in [-0.39, 0.29) is 50.4 Å². The van der Waals surface area contributed by atoms with Crippen LogP contribution < -0.4 is 0 Å². The Kier molecular flexibility index (Phi) is 28.1. The van der Waals surface area contributed by atoms with Crippen molar-refractivity contribution < 1.29 is 27.2 Å². The first-order chi connectivity index (χ1) is 52.7. The molecule has 0 N–H and O–H groups in total. The van der Waals surface area contributed by atoms with Crippen LogP contribution in [0.3, 0.4) is 0 Å². The summed E-state index contributed by atoms with van der Waals surface area (Å²) < 4.78 is 84.3. The third kappa shape index (κ3) is 16.6. The van der Waals surface area contributed by atoms with E-state index in [1.165, 1.54) is 99.9 Å². The number of nitrogens with zero attached hydrogens (tertiary/aromatic N) is 7. The van der Waals surface area contributed by atoms with Crippen LogP contribution in [0.2, 0.25) is 0 Å². The molecule has 108 heavy (non-hydrogen) atoms. The SMILES string of the molecule is [C-]#[N+]C([N+]#[C-])=C1/C(=C/c2sc3c(sc4c5c6nsnc6c6c7sc8c(CCCCCCCCCCC)c(/C=C9\C(=O)c%10cc(F)c(F)cc%10\C9=C(/C)C#N)sc8c7n(CC(CCCC)CCCCCC)c6c5n(CC(CCCC)CCCCCC)c34)c2CCCCCCCCCCC)C(=O)c2cc(F)c(F)cc21. The van der Waals surface area contributed by atoms with Gasteiger partial charge in [0.15, 0.2) is 34.8 Å². The number of thiophene rings is 4. The Labute approximate surface area is 656 Å². The highest BCUT2D eigenvalue weighted by atomic mass is 32.1. The van der Waals surface area contributed by atoms with E-state index in [9.17, 15) is 14.9 Å². The minimum atomic E-state index is -1.17. The lowest BCUT2D eigenvalue weighted by Crippen LogP contribution is -2.14. The maximum atomic E-state index is 15.4. The van der Waals surface area contributed by atoms with E-state index in [1.54, 1.807) is 40.9 Å². The molecule has 12 rings (SSSR count). The van der Waals surface area contributed by atoms with E-state index in [1.807, 2.05) is 23.5 Å². The van der Waals surface area contributed by atoms with Gasteiger partial charge in [-0.3, -0.25) is 9.59 Å². The second-order valence-electron chi connectivity index (χ2n) is 30.7. The van der Waals surface area contributed by atoms with Gasteiger partial charge in [0.2, 0.25) is 0 Å². The molecular formula is C90H105F4N7O2S5. The topological polar surface area (TPSA) is 102 Å². The minimum absolute atomic E-state index is 0.0378. The molecule has 3 aromatic carbocycles. The van der Waals surface area contributed by atoms with E-state index in [2.05, 4.69) is 66.4 Å². The molecule has 0 saturated carbocycles. The van der Waals surface area contributed by atoms with Gasteiger partial charge in [-0.2, -0.15) is 23.7 Å². The van der Waals surface area contributed by atoms with Crippen molar-refractivity contribution >= 4 is 164 Å². The lowest BCUT2D eigenvalue weighted by atomic mass is 9.94. The van der Waals surface area contributed by atoms with E-state index < -0.39 is 34.8 Å². The van der Waals surface area contributed by atoms with Crippen molar-refractivity contribution in [2.24, 2.45) is 11.8 Å². The number of rotatable bonds is 42. The van der Waals surface area contributed by atoms with Gasteiger partial charge in [-0.25, -0.2) is 17.6 Å². The molecule has 0 fully saturated rings. The van der Waals surface area contributed by atoms with Crippen molar-refractivity contribution in [2.75, 3.05) is 0 Å². The average molecular weight is 1550 g/mol. The Morgan fingerprint density at radius 1 is 0.454 bits per heavy atom. The molecule has 7 heterocycles. The number of Topliss-reactive ketones (excluding diaryl/α,β-unsaturated/α-hetero) is 2. The van der Waals surface area contributed by atoms with E-state index in [0.29, 0.717) is 23.8 Å². The number of hydrogen-bond acceptors (Lipinski definition) is 10. The van der Waals surface area contributed by atoms with Crippen LogP contribution in [0.4, 0.5) is 17.6 Å². The van der Waals surface area contributed by atoms with Crippen molar-refractivity contribution in [2.45, 2.75) is 293 Å². The van der Waals surface area contributed by atoms with Gasteiger partial charge in [-0.05, 0) is 129 Å². The number of aryl methyl sites for hydroxylation is 2. The van der Waals surface area contributed by atoms with Crippen molar-refractivity contribution in [3.05, 3.63) is 136 Å². The third-order valence-corrected chi connectivity index (χ3v) is 28.6. The van der Waals surface area contributed by atoms with Crippen LogP contribution in [0.15, 0.2) is 46.8 Å². The molecule has 0 saturated heterocycles. The van der Waals surface area contributed by atoms with Crippen molar-refractivity contribution in [1.29, 1.82) is 5.26 Å². The predicted molar refractivity (Wildman–Crippen MR) is 451 cm³/mol. The van der Waals surface area contributed by atoms with Crippen LogP contribution in [0.5, 0.6) is 0 Å². The van der Waals surface area contributed by atoms with E-state index in [0.717, 1.165) is 267 Å². The van der Waals surface area contributed by atoms with Crippen LogP contribution in [0.25, 0.3) is 105 Å². The van der Waals surface area contributed by atoms with Crippen LogP contribution in [0.1, 0.15) is 319 Å². The molecule has 0 radical (unpaired) electrons. The lowest BCUT2D eigenvalue weighted by molar-refractivity contribution is 0.103. The Morgan fingerprint density at radius 3 is 1.18 bits per heavy atom. The van der Waals surface area contributed by atoms with Crippen LogP contribution in [-0.4, -0.2) is 29.4 Å². The summed E-state index contributed by atoms with van der Waals surface area (Å²) in [5.74, 6) is -5.16. The van der Waals surface area contributed by atoms with Crippen molar-refractivity contribution in [3.8, 4) is 6.07 Å². The van der Waals surface area contributed by atoms with Gasteiger partial charge in [0.05, 0.1) is 73.6 Å². The summed E-state index contributed by atoms with van der Waals surface area (Å²) in [6.45, 7) is 33.2. The molecule has 2 unspecified atom stereocenters. The number of fused-ring (bicyclic) bond motifs is 16. The molecule has 2 aliphatic rings. The van der Waals surface area contributed by atoms with E-state index in [4.69, 9.17) is 21.9 Å². The van der Waals surface area contributed by atoms with Gasteiger partial charge in [0, 0.05) is 67.0 Å². The number of carbonyl (C=O) groups is 2. The largest absolute Gasteiger partial charge is 0.528 e. The summed E-state index contributed by atoms with van der Waals surface area (Å²) in [4.78, 5) is 38.8. The van der Waals surface area contributed by atoms with Gasteiger partial charge in [0.1, 0.15) is 24.2 Å². The number of hydrogen-bond donors (Lipinski definition) is 0. The molecular weight excluding hydrogens is 1450 g/mol. The van der Waals surface area contributed by atoms with Gasteiger partial charge < -0.3 is 9.13 Å². The quantitative estimate of drug-likeness (QED) is 0.0125. The molecule has 7 aromatic heterocycles. The van der Waals surface area contributed by atoms with Gasteiger partial charge in [0.25, 0.3) is 0 Å². The molecule has 10 aromatic rings. The maximum Gasteiger partial charge on any atom is 0.528 e. The summed E-state index contributed by atoms with van der Waals surface area (Å²) >= 11 is 8.22. The molecule has 570 valence electrons. The number of unbranched alkanes of at least 4 members (excludes halogenated alkanes) is 24. The molecule has 0 amide bonds. The molecule has 2 atom stereocenters. The summed E-state index contributed by atoms with van der Waals surface area (Å²) in [6, 6.07) is 6.21. The zero-order chi connectivity index (χ0) is 76.1. The van der Waals surface area contributed by atoms with Crippen LogP contribution >= 0.6 is 57.1 Å². The monoisotopic (exact) mass is 1550 g/mol. The number of ketones is 2. The fourth-order valence-corrected chi connectivity index (χ4v) is 23.7. The predicted octanol–water partition coefficient (Wildman–Crippen LogP) is 30.1. The second kappa shape index (κ2) is 37.7. The Hall–Kier alpha value is -7.11. The van der Waals surface area contributed by atoms with Gasteiger partial charge in [-0.1, -0.05) is 221 Å². The number of carbonyl (C=O) groups excluding carboxylic acids is 2. The number of allylic oxidation sites excluding steroid dienone is 5. The third-order valence-electron chi connectivity index (χ3n) is 23.0. The first kappa shape index (κ1) is 80.4. The van der Waals surface area contributed by atoms with Gasteiger partial charge in [-0.15, -0.1) is 45.3 Å². The Morgan fingerprint density at radius 2 is 0.796 bits per heavy atom. The summed E-state index contributed by atoms with van der Waals surface area (Å²) in [5.41, 5.74) is 9.88. The van der Waals surface area contributed by atoms with E-state index >= 15 is 17.6 Å². The lowest BCUT2D eigenvalue weighted by Gasteiger charge is -2.22. The number of benzene rings is 3. The first-order valence-corrected chi connectivity index (χ1v) is 44.9. The highest BCUT2D eigenvalue weighted by molar-refractivity contribution is 7.34. The zero-order valence-corrected chi connectivity index (χ0v) is 68.6. The van der Waals surface area contributed by atoms with Crippen molar-refractivity contribution in [1.82, 2.24) is 17.9 Å². The molecule has 0 spiro atoms. The molecule has 0 bridgehead atoms. The number of halogens is 4. The first-order valence-electron chi connectivity index (χ1n) is 40.9. The maximum absolute atomic E-state index is 15.4. The molecule has 2 aliphatic carbocycles. The number of aromatic nitrogens is 4. The Bertz CT molecular complexity index is 5210. The second-order valence-corrected chi connectivity index (χ2v) is 35.4. The fourth-order valence-electron chi connectivity index (χ4n) is 17.2.